The molecular weight excluding hydrogens is 467 g/mol. The van der Waals surface area contributed by atoms with E-state index in [4.69, 9.17) is 9.73 Å². The molecular formula is C20H33IN6O. The summed E-state index contributed by atoms with van der Waals surface area (Å²) in [7, 11) is 0. The van der Waals surface area contributed by atoms with Crippen molar-refractivity contribution in [3.8, 4) is 0 Å². The summed E-state index contributed by atoms with van der Waals surface area (Å²) in [5.41, 5.74) is 0.334. The predicted molar refractivity (Wildman–Crippen MR) is 119 cm³/mol. The van der Waals surface area contributed by atoms with Crippen LogP contribution in [0, 0.1) is 18.3 Å². The highest BCUT2D eigenvalue weighted by atomic mass is 127. The lowest BCUT2D eigenvalue weighted by Gasteiger charge is -2.57. The molecule has 28 heavy (non-hydrogen) atoms. The highest BCUT2D eigenvalue weighted by molar-refractivity contribution is 14.0. The SMILES string of the molecule is CCN=C(NC1CCCn2nc(C)nc21)NC1C2CCOC2C12CCCC2.I. The van der Waals surface area contributed by atoms with Gasteiger partial charge in [0.1, 0.15) is 11.6 Å². The number of hydrogen-bond donors (Lipinski definition) is 2. The van der Waals surface area contributed by atoms with Crippen LogP contribution in [0.3, 0.4) is 0 Å². The van der Waals surface area contributed by atoms with E-state index in [0.29, 0.717) is 23.5 Å². The van der Waals surface area contributed by atoms with Crippen LogP contribution in [0.15, 0.2) is 4.99 Å². The van der Waals surface area contributed by atoms with E-state index >= 15 is 0 Å². The van der Waals surface area contributed by atoms with E-state index in [-0.39, 0.29) is 30.0 Å². The number of rotatable bonds is 3. The number of nitrogens with zero attached hydrogens (tertiary/aromatic N) is 4. The van der Waals surface area contributed by atoms with Crippen molar-refractivity contribution in [1.29, 1.82) is 0 Å². The fourth-order valence-corrected chi connectivity index (χ4v) is 6.11. The Balaban J connectivity index is 0.00000192. The Labute approximate surface area is 184 Å². The summed E-state index contributed by atoms with van der Waals surface area (Å²) in [6.07, 6.45) is 9.12. The lowest BCUT2D eigenvalue weighted by atomic mass is 9.54. The van der Waals surface area contributed by atoms with E-state index < -0.39 is 0 Å². The molecule has 2 aliphatic carbocycles. The lowest BCUT2D eigenvalue weighted by molar-refractivity contribution is -0.125. The summed E-state index contributed by atoms with van der Waals surface area (Å²) >= 11 is 0. The smallest absolute Gasteiger partial charge is 0.192 e. The molecule has 2 saturated carbocycles. The third kappa shape index (κ3) is 3.24. The van der Waals surface area contributed by atoms with Crippen molar-refractivity contribution < 1.29 is 4.74 Å². The number of guanidine groups is 1. The quantitative estimate of drug-likeness (QED) is 0.379. The van der Waals surface area contributed by atoms with Gasteiger partial charge in [-0.1, -0.05) is 12.8 Å². The monoisotopic (exact) mass is 500 g/mol. The van der Waals surface area contributed by atoms with E-state index in [0.717, 1.165) is 50.1 Å². The van der Waals surface area contributed by atoms with Crippen LogP contribution >= 0.6 is 24.0 Å². The Morgan fingerprint density at radius 1 is 1.25 bits per heavy atom. The van der Waals surface area contributed by atoms with Crippen LogP contribution in [0.25, 0.3) is 0 Å². The number of ether oxygens (including phenoxy) is 1. The average Bonchev–Trinajstić information content (AvgIpc) is 3.37. The minimum atomic E-state index is 0. The molecule has 8 heteroatoms. The van der Waals surface area contributed by atoms with Crippen LogP contribution in [-0.4, -0.2) is 46.0 Å². The summed E-state index contributed by atoms with van der Waals surface area (Å²) in [5, 5.41) is 12.1. The van der Waals surface area contributed by atoms with Gasteiger partial charge in [0.05, 0.1) is 12.1 Å². The standard InChI is InChI=1S/C20H32N6O.HI/c1-3-21-19(23-15-7-6-11-26-18(15)22-13(2)25-26)24-16-14-8-12-27-17(14)20(16)9-4-5-10-20;/h14-17H,3-12H2,1-2H3,(H2,21,23,24);1H. The zero-order valence-electron chi connectivity index (χ0n) is 17.0. The Morgan fingerprint density at radius 2 is 2.07 bits per heavy atom. The number of aromatic nitrogens is 3. The van der Waals surface area contributed by atoms with E-state index in [1.807, 2.05) is 6.92 Å². The molecule has 4 unspecified atom stereocenters. The minimum Gasteiger partial charge on any atom is -0.377 e. The first-order valence-electron chi connectivity index (χ1n) is 10.8. The molecule has 0 bridgehead atoms. The minimum absolute atomic E-state index is 0. The summed E-state index contributed by atoms with van der Waals surface area (Å²) in [4.78, 5) is 9.45. The molecule has 4 atom stereocenters. The van der Waals surface area contributed by atoms with E-state index in [1.165, 1.54) is 32.1 Å². The van der Waals surface area contributed by atoms with Crippen molar-refractivity contribution in [3.63, 3.8) is 0 Å². The van der Waals surface area contributed by atoms with Crippen molar-refractivity contribution >= 4 is 29.9 Å². The zero-order valence-corrected chi connectivity index (χ0v) is 19.3. The number of nitrogens with one attached hydrogen (secondary N) is 2. The van der Waals surface area contributed by atoms with Gasteiger partial charge in [-0.25, -0.2) is 9.67 Å². The molecule has 1 aromatic rings. The third-order valence-corrected chi connectivity index (χ3v) is 7.19. The molecule has 1 spiro atoms. The fourth-order valence-electron chi connectivity index (χ4n) is 6.11. The first-order chi connectivity index (χ1) is 13.2. The van der Waals surface area contributed by atoms with Gasteiger partial charge in [-0.3, -0.25) is 4.99 Å². The summed E-state index contributed by atoms with van der Waals surface area (Å²) < 4.78 is 8.20. The largest absolute Gasteiger partial charge is 0.377 e. The zero-order chi connectivity index (χ0) is 18.4. The van der Waals surface area contributed by atoms with Crippen LogP contribution in [0.5, 0.6) is 0 Å². The van der Waals surface area contributed by atoms with Crippen LogP contribution in [0.4, 0.5) is 0 Å². The highest BCUT2D eigenvalue weighted by Gasteiger charge is 2.65. The number of fused-ring (bicyclic) bond motifs is 3. The average molecular weight is 500 g/mol. The van der Waals surface area contributed by atoms with Crippen molar-refractivity contribution in [2.45, 2.75) is 83.5 Å². The van der Waals surface area contributed by atoms with E-state index in [2.05, 4.69) is 32.3 Å². The van der Waals surface area contributed by atoms with Crippen LogP contribution < -0.4 is 10.6 Å². The molecule has 7 nitrogen and oxygen atoms in total. The van der Waals surface area contributed by atoms with E-state index in [9.17, 15) is 0 Å². The molecule has 3 fully saturated rings. The van der Waals surface area contributed by atoms with Gasteiger partial charge in [0.25, 0.3) is 0 Å². The second-order valence-corrected chi connectivity index (χ2v) is 8.71. The van der Waals surface area contributed by atoms with Crippen LogP contribution in [0.1, 0.15) is 69.6 Å². The number of hydrogen-bond acceptors (Lipinski definition) is 4. The topological polar surface area (TPSA) is 76.4 Å². The van der Waals surface area contributed by atoms with Gasteiger partial charge in [0, 0.05) is 37.1 Å². The Kier molecular flexibility index (Phi) is 5.88. The van der Waals surface area contributed by atoms with Crippen molar-refractivity contribution in [3.05, 3.63) is 11.6 Å². The van der Waals surface area contributed by atoms with Gasteiger partial charge in [0.2, 0.25) is 0 Å². The maximum atomic E-state index is 6.14. The lowest BCUT2D eigenvalue weighted by Crippen LogP contribution is -2.69. The van der Waals surface area contributed by atoms with Gasteiger partial charge in [-0.15, -0.1) is 24.0 Å². The molecule has 1 aromatic heterocycles. The van der Waals surface area contributed by atoms with Gasteiger partial charge in [-0.2, -0.15) is 5.10 Å². The summed E-state index contributed by atoms with van der Waals surface area (Å²) in [6.45, 7) is 6.74. The summed E-state index contributed by atoms with van der Waals surface area (Å²) in [6, 6.07) is 0.682. The Morgan fingerprint density at radius 3 is 2.86 bits per heavy atom. The molecule has 5 rings (SSSR count). The number of halogens is 1. The second-order valence-electron chi connectivity index (χ2n) is 8.71. The van der Waals surface area contributed by atoms with Crippen molar-refractivity contribution in [2.24, 2.45) is 16.3 Å². The molecule has 3 heterocycles. The Hall–Kier alpha value is -0.900. The van der Waals surface area contributed by atoms with Crippen molar-refractivity contribution in [1.82, 2.24) is 25.4 Å². The molecule has 0 amide bonds. The number of aryl methyl sites for hydroxylation is 2. The second kappa shape index (κ2) is 8.08. The maximum Gasteiger partial charge on any atom is 0.192 e. The normalized spacial score (nSPS) is 33.0. The van der Waals surface area contributed by atoms with Gasteiger partial charge < -0.3 is 15.4 Å². The first kappa shape index (κ1) is 20.4. The third-order valence-electron chi connectivity index (χ3n) is 7.19. The first-order valence-corrected chi connectivity index (χ1v) is 10.8. The Bertz CT molecular complexity index is 728. The van der Waals surface area contributed by atoms with Gasteiger partial charge in [0.15, 0.2) is 5.96 Å². The maximum absolute atomic E-state index is 6.14. The predicted octanol–water partition coefficient (Wildman–Crippen LogP) is 2.94. The highest BCUT2D eigenvalue weighted by Crippen LogP contribution is 2.60. The molecule has 0 aromatic carbocycles. The van der Waals surface area contributed by atoms with Gasteiger partial charge >= 0.3 is 0 Å². The van der Waals surface area contributed by atoms with Crippen molar-refractivity contribution in [2.75, 3.05) is 13.2 Å². The van der Waals surface area contributed by atoms with Crippen LogP contribution in [-0.2, 0) is 11.3 Å². The molecule has 1 saturated heterocycles. The fraction of sp³-hybridized carbons (Fsp3) is 0.850. The van der Waals surface area contributed by atoms with Crippen LogP contribution in [0.2, 0.25) is 0 Å². The van der Waals surface area contributed by atoms with Gasteiger partial charge in [-0.05, 0) is 46.0 Å². The molecule has 2 N–H and O–H groups in total. The molecule has 4 aliphatic rings. The van der Waals surface area contributed by atoms with E-state index in [1.54, 1.807) is 0 Å². The molecule has 2 aliphatic heterocycles. The molecule has 156 valence electrons. The molecule has 0 radical (unpaired) electrons. The summed E-state index contributed by atoms with van der Waals surface area (Å²) in [5.74, 6) is 3.49. The number of aliphatic imine (C=N–C) groups is 1.